The maximum atomic E-state index is 14.7. The van der Waals surface area contributed by atoms with Gasteiger partial charge in [0.25, 0.3) is 0 Å². The minimum absolute atomic E-state index is 0.0522. The smallest absolute Gasteiger partial charge is 0.319 e. The monoisotopic (exact) mass is 552 g/mol. The van der Waals surface area contributed by atoms with E-state index in [0.717, 1.165) is 22.9 Å². The molecule has 1 fully saturated rings. The van der Waals surface area contributed by atoms with E-state index < -0.39 is 41.6 Å². The lowest BCUT2D eigenvalue weighted by Crippen LogP contribution is -2.36. The Morgan fingerprint density at radius 3 is 2.59 bits per heavy atom. The summed E-state index contributed by atoms with van der Waals surface area (Å²) in [5, 5.41) is 19.4. The van der Waals surface area contributed by atoms with E-state index in [-0.39, 0.29) is 30.8 Å². The average Bonchev–Trinajstić information content (AvgIpc) is 3.58. The van der Waals surface area contributed by atoms with Gasteiger partial charge < -0.3 is 26.0 Å². The van der Waals surface area contributed by atoms with Crippen molar-refractivity contribution < 1.29 is 28.7 Å². The van der Waals surface area contributed by atoms with Crippen LogP contribution in [0.3, 0.4) is 0 Å². The zero-order chi connectivity index (χ0) is 27.9. The number of aryl methyl sites for hydroxylation is 1. The van der Waals surface area contributed by atoms with Gasteiger partial charge in [0, 0.05) is 23.5 Å². The van der Waals surface area contributed by atoms with Crippen molar-refractivity contribution in [1.29, 1.82) is 0 Å². The normalized spacial score (nSPS) is 15.6. The van der Waals surface area contributed by atoms with Crippen LogP contribution >= 0.6 is 11.3 Å². The third-order valence-corrected chi connectivity index (χ3v) is 7.36. The van der Waals surface area contributed by atoms with Crippen LogP contribution < -0.4 is 20.9 Å². The summed E-state index contributed by atoms with van der Waals surface area (Å²) in [6, 6.07) is 13.7. The van der Waals surface area contributed by atoms with Crippen molar-refractivity contribution in [2.75, 3.05) is 16.8 Å². The van der Waals surface area contributed by atoms with Crippen molar-refractivity contribution in [3.8, 4) is 0 Å². The Labute approximate surface area is 229 Å². The number of hydrogen-bond acceptors (Lipinski definition) is 5. The molecule has 1 aliphatic rings. The molecule has 1 aliphatic heterocycles. The van der Waals surface area contributed by atoms with E-state index in [0.29, 0.717) is 12.1 Å². The molecule has 2 heterocycles. The standard InChI is InChI=1S/C28H29FN4O5S/c1-2-17-5-7-18(8-6-17)23(14-26(35)36)32-27(37)19-12-25(34)33(16-19)24-13-20(9-10-22(24)29)31-28(38)30-15-21-4-3-11-39-21/h3-11,13,19,23H,2,12,14-16H2,1H3,(H,32,37)(H,35,36)(H2,30,31,38). The highest BCUT2D eigenvalue weighted by Gasteiger charge is 2.37. The van der Waals surface area contributed by atoms with Crippen LogP contribution in [0.15, 0.2) is 60.0 Å². The Balaban J connectivity index is 1.42. The van der Waals surface area contributed by atoms with E-state index in [4.69, 9.17) is 0 Å². The number of hydrogen-bond donors (Lipinski definition) is 4. The van der Waals surface area contributed by atoms with Crippen molar-refractivity contribution in [3.05, 3.63) is 81.8 Å². The average molecular weight is 553 g/mol. The van der Waals surface area contributed by atoms with Crippen LogP contribution in [0.5, 0.6) is 0 Å². The number of carboxylic acids is 1. The molecule has 4 amide bonds. The first kappa shape index (κ1) is 27.8. The van der Waals surface area contributed by atoms with Crippen molar-refractivity contribution in [1.82, 2.24) is 10.6 Å². The topological polar surface area (TPSA) is 128 Å². The lowest BCUT2D eigenvalue weighted by atomic mass is 9.99. The van der Waals surface area contributed by atoms with Crippen LogP contribution in [0, 0.1) is 11.7 Å². The number of nitrogens with zero attached hydrogens (tertiary/aromatic N) is 1. The molecule has 204 valence electrons. The summed E-state index contributed by atoms with van der Waals surface area (Å²) in [4.78, 5) is 51.8. The SMILES string of the molecule is CCc1ccc(C(CC(=O)O)NC(=O)C2CC(=O)N(c3cc(NC(=O)NCc4cccs4)ccc3F)C2)cc1. The van der Waals surface area contributed by atoms with Gasteiger partial charge in [0.1, 0.15) is 5.82 Å². The fourth-order valence-electron chi connectivity index (χ4n) is 4.37. The van der Waals surface area contributed by atoms with Gasteiger partial charge in [-0.25, -0.2) is 9.18 Å². The molecule has 2 aromatic carbocycles. The minimum atomic E-state index is -1.07. The molecule has 0 aliphatic carbocycles. The number of carbonyl (C=O) groups excluding carboxylic acids is 3. The summed E-state index contributed by atoms with van der Waals surface area (Å²) < 4.78 is 14.7. The molecule has 1 aromatic heterocycles. The number of nitrogens with one attached hydrogen (secondary N) is 3. The fourth-order valence-corrected chi connectivity index (χ4v) is 5.02. The van der Waals surface area contributed by atoms with Gasteiger partial charge in [-0.15, -0.1) is 11.3 Å². The first-order chi connectivity index (χ1) is 18.7. The Kier molecular flexibility index (Phi) is 8.92. The van der Waals surface area contributed by atoms with Gasteiger partial charge in [0.05, 0.1) is 30.6 Å². The van der Waals surface area contributed by atoms with Crippen LogP contribution in [0.25, 0.3) is 0 Å². The summed E-state index contributed by atoms with van der Waals surface area (Å²) in [5.41, 5.74) is 1.96. The van der Waals surface area contributed by atoms with E-state index in [2.05, 4.69) is 16.0 Å². The van der Waals surface area contributed by atoms with E-state index in [9.17, 15) is 28.7 Å². The van der Waals surface area contributed by atoms with Crippen molar-refractivity contribution >= 4 is 46.5 Å². The number of rotatable bonds is 10. The molecule has 0 radical (unpaired) electrons. The van der Waals surface area contributed by atoms with E-state index in [1.807, 2.05) is 36.6 Å². The second-order valence-electron chi connectivity index (χ2n) is 9.21. The van der Waals surface area contributed by atoms with Crippen LogP contribution in [0.2, 0.25) is 0 Å². The van der Waals surface area contributed by atoms with Gasteiger partial charge >= 0.3 is 12.0 Å². The highest BCUT2D eigenvalue weighted by Crippen LogP contribution is 2.30. The number of carboxylic acid groups (broad SMARTS) is 1. The number of amides is 4. The summed E-state index contributed by atoms with van der Waals surface area (Å²) in [6.45, 7) is 2.26. The summed E-state index contributed by atoms with van der Waals surface area (Å²) >= 11 is 1.50. The molecule has 4 N–H and O–H groups in total. The minimum Gasteiger partial charge on any atom is -0.481 e. The van der Waals surface area contributed by atoms with Crippen LogP contribution in [0.1, 0.15) is 41.8 Å². The Morgan fingerprint density at radius 2 is 1.92 bits per heavy atom. The third kappa shape index (κ3) is 7.20. The van der Waals surface area contributed by atoms with Crippen LogP contribution in [-0.4, -0.2) is 35.5 Å². The van der Waals surface area contributed by atoms with Gasteiger partial charge in [-0.1, -0.05) is 37.3 Å². The molecule has 1 saturated heterocycles. The predicted molar refractivity (Wildman–Crippen MR) is 146 cm³/mol. The third-order valence-electron chi connectivity index (χ3n) is 6.48. The maximum absolute atomic E-state index is 14.7. The first-order valence-corrected chi connectivity index (χ1v) is 13.4. The quantitative estimate of drug-likeness (QED) is 0.295. The van der Waals surface area contributed by atoms with Gasteiger partial charge in [-0.3, -0.25) is 14.4 Å². The largest absolute Gasteiger partial charge is 0.481 e. The molecular formula is C28H29FN4O5S. The van der Waals surface area contributed by atoms with Gasteiger partial charge in [-0.05, 0) is 47.2 Å². The van der Waals surface area contributed by atoms with Gasteiger partial charge in [0.15, 0.2) is 0 Å². The molecule has 0 bridgehead atoms. The second kappa shape index (κ2) is 12.5. The highest BCUT2D eigenvalue weighted by atomic mass is 32.1. The molecular weight excluding hydrogens is 523 g/mol. The number of aliphatic carboxylic acids is 1. The maximum Gasteiger partial charge on any atom is 0.319 e. The summed E-state index contributed by atoms with van der Waals surface area (Å²) in [7, 11) is 0. The molecule has 2 atom stereocenters. The zero-order valence-electron chi connectivity index (χ0n) is 21.3. The zero-order valence-corrected chi connectivity index (χ0v) is 22.1. The molecule has 2 unspecified atom stereocenters. The molecule has 0 spiro atoms. The lowest BCUT2D eigenvalue weighted by Gasteiger charge is -2.21. The molecule has 11 heteroatoms. The Morgan fingerprint density at radius 1 is 1.15 bits per heavy atom. The molecule has 4 rings (SSSR count). The summed E-state index contributed by atoms with van der Waals surface area (Å²) in [5.74, 6) is -3.48. The van der Waals surface area contributed by atoms with E-state index in [1.165, 1.54) is 28.4 Å². The van der Waals surface area contributed by atoms with Gasteiger partial charge in [0.2, 0.25) is 11.8 Å². The highest BCUT2D eigenvalue weighted by molar-refractivity contribution is 7.09. The first-order valence-electron chi connectivity index (χ1n) is 12.5. The lowest BCUT2D eigenvalue weighted by molar-refractivity contribution is -0.138. The molecule has 0 saturated carbocycles. The number of thiophene rings is 1. The van der Waals surface area contributed by atoms with E-state index >= 15 is 0 Å². The Bertz CT molecular complexity index is 1350. The van der Waals surface area contributed by atoms with Crippen molar-refractivity contribution in [2.45, 2.75) is 38.8 Å². The van der Waals surface area contributed by atoms with Crippen molar-refractivity contribution in [2.24, 2.45) is 5.92 Å². The number of anilines is 2. The Hall–Kier alpha value is -4.25. The van der Waals surface area contributed by atoms with E-state index in [1.54, 1.807) is 12.1 Å². The number of halogens is 1. The van der Waals surface area contributed by atoms with Crippen molar-refractivity contribution in [3.63, 3.8) is 0 Å². The predicted octanol–water partition coefficient (Wildman–Crippen LogP) is 4.46. The number of carbonyl (C=O) groups is 4. The summed E-state index contributed by atoms with van der Waals surface area (Å²) in [6.07, 6.45) is 0.348. The number of urea groups is 1. The van der Waals surface area contributed by atoms with Crippen LogP contribution in [0.4, 0.5) is 20.6 Å². The molecule has 3 aromatic rings. The second-order valence-corrected chi connectivity index (χ2v) is 10.2. The number of benzene rings is 2. The molecule has 9 nitrogen and oxygen atoms in total. The molecule has 39 heavy (non-hydrogen) atoms. The van der Waals surface area contributed by atoms with Crippen LogP contribution in [-0.2, 0) is 27.3 Å². The van der Waals surface area contributed by atoms with Gasteiger partial charge in [-0.2, -0.15) is 0 Å². The fraction of sp³-hybridized carbons (Fsp3) is 0.286.